The first kappa shape index (κ1) is 21.1. The lowest BCUT2D eigenvalue weighted by Gasteiger charge is -2.33. The van der Waals surface area contributed by atoms with E-state index in [1.165, 1.54) is 16.4 Å². The number of halogens is 2. The normalized spacial score (nSPS) is 20.8. The summed E-state index contributed by atoms with van der Waals surface area (Å²) in [6, 6.07) is 3.60. The number of benzene rings is 1. The summed E-state index contributed by atoms with van der Waals surface area (Å²) < 4.78 is 52.0. The number of hydrogen-bond donors (Lipinski definition) is 1. The van der Waals surface area contributed by atoms with Crippen LogP contribution >= 0.6 is 0 Å². The van der Waals surface area contributed by atoms with Crippen molar-refractivity contribution in [1.82, 2.24) is 19.2 Å². The molecule has 3 heterocycles. The topological polar surface area (TPSA) is 86.4 Å². The SMILES string of the molecule is CS(=O)(=O)N1CCc2nc([C@H]3CCCN(Cc4ccc(F)cc4F)C3)[nH]c(=O)c2C1. The lowest BCUT2D eigenvalue weighted by molar-refractivity contribution is 0.194. The van der Waals surface area contributed by atoms with Crippen LogP contribution in [0.2, 0.25) is 0 Å². The minimum atomic E-state index is -3.37. The van der Waals surface area contributed by atoms with Crippen LogP contribution in [0.4, 0.5) is 8.78 Å². The number of aromatic nitrogens is 2. The number of likely N-dealkylation sites (tertiary alicyclic amines) is 1. The fourth-order valence-corrected chi connectivity index (χ4v) is 5.00. The van der Waals surface area contributed by atoms with Crippen molar-refractivity contribution in [2.24, 2.45) is 0 Å². The number of nitrogens with one attached hydrogen (secondary N) is 1. The van der Waals surface area contributed by atoms with Crippen molar-refractivity contribution in [3.63, 3.8) is 0 Å². The minimum Gasteiger partial charge on any atom is -0.310 e. The number of rotatable bonds is 4. The summed E-state index contributed by atoms with van der Waals surface area (Å²) in [5, 5.41) is 0. The molecule has 162 valence electrons. The fraction of sp³-hybridized carbons (Fsp3) is 0.500. The number of fused-ring (bicyclic) bond motifs is 1. The molecule has 0 amide bonds. The number of H-pyrrole nitrogens is 1. The number of aromatic amines is 1. The van der Waals surface area contributed by atoms with Gasteiger partial charge in [-0.3, -0.25) is 9.69 Å². The molecular formula is C20H24F2N4O3S. The highest BCUT2D eigenvalue weighted by molar-refractivity contribution is 7.88. The maximum absolute atomic E-state index is 14.0. The van der Waals surface area contributed by atoms with Crippen LogP contribution in [0.5, 0.6) is 0 Å². The van der Waals surface area contributed by atoms with Crippen molar-refractivity contribution >= 4 is 10.0 Å². The van der Waals surface area contributed by atoms with Gasteiger partial charge in [0.15, 0.2) is 0 Å². The molecule has 2 aromatic rings. The molecule has 1 aromatic heterocycles. The van der Waals surface area contributed by atoms with Crippen LogP contribution in [-0.2, 0) is 29.5 Å². The first-order chi connectivity index (χ1) is 14.2. The van der Waals surface area contributed by atoms with Crippen LogP contribution in [0.15, 0.2) is 23.0 Å². The quantitative estimate of drug-likeness (QED) is 0.786. The zero-order valence-corrected chi connectivity index (χ0v) is 17.5. The van der Waals surface area contributed by atoms with E-state index in [0.717, 1.165) is 31.7 Å². The highest BCUT2D eigenvalue weighted by atomic mass is 32.2. The standard InChI is InChI=1S/C20H24F2N4O3S/c1-30(28,29)26-8-6-18-16(12-26)20(27)24-19(23-18)14-3-2-7-25(11-14)10-13-4-5-15(21)9-17(13)22/h4-5,9,14H,2-3,6-8,10-12H2,1H3,(H,23,24,27)/t14-/m0/s1. The molecule has 4 rings (SSSR count). The van der Waals surface area contributed by atoms with Gasteiger partial charge in [-0.1, -0.05) is 6.07 Å². The Balaban J connectivity index is 1.52. The molecule has 1 atom stereocenters. The summed E-state index contributed by atoms with van der Waals surface area (Å²) in [6.07, 6.45) is 3.25. The molecule has 0 aliphatic carbocycles. The maximum atomic E-state index is 14.0. The van der Waals surface area contributed by atoms with Crippen LogP contribution in [0.1, 0.15) is 41.4 Å². The number of hydrogen-bond acceptors (Lipinski definition) is 5. The van der Waals surface area contributed by atoms with E-state index >= 15 is 0 Å². The Labute approximate surface area is 173 Å². The molecule has 0 spiro atoms. The third-order valence-corrected chi connectivity index (χ3v) is 7.07. The van der Waals surface area contributed by atoms with E-state index in [0.29, 0.717) is 48.7 Å². The second-order valence-electron chi connectivity index (χ2n) is 8.03. The molecule has 7 nitrogen and oxygen atoms in total. The summed E-state index contributed by atoms with van der Waals surface area (Å²) in [5.41, 5.74) is 1.18. The average molecular weight is 439 g/mol. The first-order valence-corrected chi connectivity index (χ1v) is 11.8. The highest BCUT2D eigenvalue weighted by Gasteiger charge is 2.29. The molecule has 1 aromatic carbocycles. The van der Waals surface area contributed by atoms with Gasteiger partial charge < -0.3 is 4.98 Å². The van der Waals surface area contributed by atoms with E-state index in [2.05, 4.69) is 14.9 Å². The predicted octanol–water partition coefficient (Wildman–Crippen LogP) is 1.75. The Hall–Kier alpha value is -2.17. The Kier molecular flexibility index (Phi) is 5.73. The molecule has 1 saturated heterocycles. The van der Waals surface area contributed by atoms with Gasteiger partial charge in [-0.05, 0) is 25.5 Å². The zero-order chi connectivity index (χ0) is 21.5. The molecule has 0 radical (unpaired) electrons. The van der Waals surface area contributed by atoms with Gasteiger partial charge in [-0.2, -0.15) is 4.31 Å². The molecule has 2 aliphatic heterocycles. The monoisotopic (exact) mass is 438 g/mol. The van der Waals surface area contributed by atoms with Gasteiger partial charge in [0.1, 0.15) is 17.5 Å². The van der Waals surface area contributed by atoms with E-state index in [1.54, 1.807) is 0 Å². The molecule has 0 unspecified atom stereocenters. The molecule has 2 aliphatic rings. The van der Waals surface area contributed by atoms with Gasteiger partial charge >= 0.3 is 0 Å². The van der Waals surface area contributed by atoms with Gasteiger partial charge in [0.25, 0.3) is 5.56 Å². The van der Waals surface area contributed by atoms with Crippen molar-refractivity contribution < 1.29 is 17.2 Å². The number of piperidine rings is 1. The summed E-state index contributed by atoms with van der Waals surface area (Å²) in [5.74, 6) is -0.574. The van der Waals surface area contributed by atoms with E-state index in [-0.39, 0.29) is 18.0 Å². The van der Waals surface area contributed by atoms with Crippen molar-refractivity contribution in [2.75, 3.05) is 25.9 Å². The van der Waals surface area contributed by atoms with Crippen LogP contribution in [0.3, 0.4) is 0 Å². The Bertz CT molecular complexity index is 1120. The first-order valence-electron chi connectivity index (χ1n) is 9.94. The van der Waals surface area contributed by atoms with Gasteiger partial charge in [-0.15, -0.1) is 0 Å². The Morgan fingerprint density at radius 3 is 2.80 bits per heavy atom. The van der Waals surface area contributed by atoms with Crippen LogP contribution in [0, 0.1) is 11.6 Å². The van der Waals surface area contributed by atoms with Crippen LogP contribution in [-0.4, -0.2) is 53.5 Å². The summed E-state index contributed by atoms with van der Waals surface area (Å²) >= 11 is 0. The number of nitrogens with zero attached hydrogens (tertiary/aromatic N) is 3. The molecule has 1 fully saturated rings. The second-order valence-corrected chi connectivity index (χ2v) is 10.0. The molecule has 0 saturated carbocycles. The van der Waals surface area contributed by atoms with Gasteiger partial charge in [0.2, 0.25) is 10.0 Å². The summed E-state index contributed by atoms with van der Waals surface area (Å²) in [7, 11) is -3.37. The van der Waals surface area contributed by atoms with Crippen LogP contribution < -0.4 is 5.56 Å². The minimum absolute atomic E-state index is 0.00630. The molecular weight excluding hydrogens is 414 g/mol. The highest BCUT2D eigenvalue weighted by Crippen LogP contribution is 2.27. The maximum Gasteiger partial charge on any atom is 0.255 e. The van der Waals surface area contributed by atoms with E-state index < -0.39 is 21.7 Å². The smallest absolute Gasteiger partial charge is 0.255 e. The third kappa shape index (κ3) is 4.45. The lowest BCUT2D eigenvalue weighted by atomic mass is 9.96. The van der Waals surface area contributed by atoms with E-state index in [4.69, 9.17) is 0 Å². The van der Waals surface area contributed by atoms with Crippen LogP contribution in [0.25, 0.3) is 0 Å². The van der Waals surface area contributed by atoms with Crippen molar-refractivity contribution in [3.8, 4) is 0 Å². The van der Waals surface area contributed by atoms with E-state index in [9.17, 15) is 22.0 Å². The van der Waals surface area contributed by atoms with E-state index in [1.807, 2.05) is 0 Å². The molecule has 30 heavy (non-hydrogen) atoms. The second kappa shape index (κ2) is 8.16. The predicted molar refractivity (Wildman–Crippen MR) is 107 cm³/mol. The average Bonchev–Trinajstić information content (AvgIpc) is 2.69. The molecule has 0 bridgehead atoms. The number of sulfonamides is 1. The Morgan fingerprint density at radius 1 is 1.27 bits per heavy atom. The van der Waals surface area contributed by atoms with Gasteiger partial charge in [0, 0.05) is 50.1 Å². The lowest BCUT2D eigenvalue weighted by Crippen LogP contribution is -2.40. The van der Waals surface area contributed by atoms with Crippen molar-refractivity contribution in [1.29, 1.82) is 0 Å². The van der Waals surface area contributed by atoms with Crippen molar-refractivity contribution in [2.45, 2.75) is 38.3 Å². The molecule has 10 heteroatoms. The Morgan fingerprint density at radius 2 is 2.07 bits per heavy atom. The summed E-state index contributed by atoms with van der Waals surface area (Å²) in [6.45, 7) is 2.10. The zero-order valence-electron chi connectivity index (χ0n) is 16.7. The van der Waals surface area contributed by atoms with Gasteiger partial charge in [0.05, 0.1) is 17.5 Å². The summed E-state index contributed by atoms with van der Waals surface area (Å²) in [4.78, 5) is 22.2. The largest absolute Gasteiger partial charge is 0.310 e. The third-order valence-electron chi connectivity index (χ3n) is 5.82. The fourth-order valence-electron chi connectivity index (χ4n) is 4.21. The van der Waals surface area contributed by atoms with Crippen molar-refractivity contribution in [3.05, 3.63) is 62.8 Å². The van der Waals surface area contributed by atoms with Gasteiger partial charge in [-0.25, -0.2) is 22.2 Å². The molecule has 1 N–H and O–H groups in total.